The molecule has 2 aliphatic rings. The molecule has 0 aliphatic carbocycles. The highest BCUT2D eigenvalue weighted by atomic mass is 16.1. The van der Waals surface area contributed by atoms with Crippen molar-refractivity contribution in [3.05, 3.63) is 30.3 Å². The van der Waals surface area contributed by atoms with E-state index in [9.17, 15) is 4.79 Å². The van der Waals surface area contributed by atoms with Crippen molar-refractivity contribution >= 4 is 11.6 Å². The fourth-order valence-electron chi connectivity index (χ4n) is 4.03. The number of carbonyl (C=O) groups is 1. The lowest BCUT2D eigenvalue weighted by Crippen LogP contribution is -2.36. The van der Waals surface area contributed by atoms with Crippen LogP contribution in [-0.4, -0.2) is 38.6 Å². The molecule has 1 aromatic carbocycles. The van der Waals surface area contributed by atoms with E-state index in [1.54, 1.807) is 0 Å². The number of benzene rings is 1. The summed E-state index contributed by atoms with van der Waals surface area (Å²) < 4.78 is 0. The van der Waals surface area contributed by atoms with Gasteiger partial charge in [0.1, 0.15) is 0 Å². The molecule has 2 heterocycles. The average molecular weight is 329 g/mol. The Labute approximate surface area is 146 Å². The van der Waals surface area contributed by atoms with Gasteiger partial charge in [-0.15, -0.1) is 0 Å². The van der Waals surface area contributed by atoms with E-state index in [4.69, 9.17) is 0 Å². The molecule has 0 saturated carbocycles. The molecule has 0 aromatic heterocycles. The number of nitrogens with zero attached hydrogens (tertiary/aromatic N) is 1. The molecule has 2 fully saturated rings. The molecule has 0 radical (unpaired) electrons. The molecule has 3 unspecified atom stereocenters. The summed E-state index contributed by atoms with van der Waals surface area (Å²) in [6.07, 6.45) is 4.34. The van der Waals surface area contributed by atoms with Crippen LogP contribution in [0.25, 0.3) is 0 Å². The second-order valence-corrected chi connectivity index (χ2v) is 7.53. The van der Waals surface area contributed by atoms with Crippen molar-refractivity contribution < 1.29 is 4.79 Å². The monoisotopic (exact) mass is 329 g/mol. The number of rotatable bonds is 6. The Hall–Kier alpha value is -1.55. The Morgan fingerprint density at radius 1 is 1.33 bits per heavy atom. The van der Waals surface area contributed by atoms with Gasteiger partial charge in [0, 0.05) is 31.7 Å². The summed E-state index contributed by atoms with van der Waals surface area (Å²) in [6, 6.07) is 10.6. The molecule has 132 valence electrons. The van der Waals surface area contributed by atoms with Gasteiger partial charge in [0.2, 0.25) is 5.91 Å². The van der Waals surface area contributed by atoms with Crippen LogP contribution in [0.2, 0.25) is 0 Å². The van der Waals surface area contributed by atoms with E-state index in [0.29, 0.717) is 24.2 Å². The Balaban J connectivity index is 1.37. The first kappa shape index (κ1) is 17.3. The average Bonchev–Trinajstić information content (AvgIpc) is 3.10. The molecule has 4 nitrogen and oxygen atoms in total. The van der Waals surface area contributed by atoms with Crippen molar-refractivity contribution in [1.82, 2.24) is 10.6 Å². The predicted molar refractivity (Wildman–Crippen MR) is 99.1 cm³/mol. The van der Waals surface area contributed by atoms with E-state index < -0.39 is 0 Å². The zero-order valence-corrected chi connectivity index (χ0v) is 14.8. The van der Waals surface area contributed by atoms with Crippen LogP contribution < -0.4 is 15.5 Å². The largest absolute Gasteiger partial charge is 0.371 e. The van der Waals surface area contributed by atoms with Gasteiger partial charge in [0.25, 0.3) is 0 Å². The minimum atomic E-state index is 0.228. The van der Waals surface area contributed by atoms with Gasteiger partial charge < -0.3 is 15.5 Å². The van der Waals surface area contributed by atoms with Crippen LogP contribution in [0.4, 0.5) is 5.69 Å². The Morgan fingerprint density at radius 3 is 2.92 bits per heavy atom. The van der Waals surface area contributed by atoms with Gasteiger partial charge >= 0.3 is 0 Å². The molecular formula is C20H31N3O. The fraction of sp³-hybridized carbons (Fsp3) is 0.650. The second-order valence-electron chi connectivity index (χ2n) is 7.53. The van der Waals surface area contributed by atoms with Crippen molar-refractivity contribution in [3.63, 3.8) is 0 Å². The van der Waals surface area contributed by atoms with Crippen molar-refractivity contribution in [3.8, 4) is 0 Å². The van der Waals surface area contributed by atoms with E-state index in [1.165, 1.54) is 18.5 Å². The first-order valence-electron chi connectivity index (χ1n) is 9.50. The Bertz CT molecular complexity index is 513. The molecule has 2 saturated heterocycles. The lowest BCUT2D eigenvalue weighted by atomic mass is 9.85. The topological polar surface area (TPSA) is 44.4 Å². The maximum atomic E-state index is 12.3. The lowest BCUT2D eigenvalue weighted by Gasteiger charge is -2.28. The van der Waals surface area contributed by atoms with Crippen molar-refractivity contribution in [1.29, 1.82) is 0 Å². The maximum absolute atomic E-state index is 12.3. The van der Waals surface area contributed by atoms with E-state index in [2.05, 4.69) is 52.8 Å². The Morgan fingerprint density at radius 2 is 2.17 bits per heavy atom. The zero-order valence-electron chi connectivity index (χ0n) is 14.8. The quantitative estimate of drug-likeness (QED) is 0.843. The minimum absolute atomic E-state index is 0.228. The molecule has 2 aliphatic heterocycles. The van der Waals surface area contributed by atoms with Crippen molar-refractivity contribution in [2.45, 2.75) is 32.6 Å². The standard InChI is InChI=1S/C20H31N3O/c1-16(18-6-5-10-21-14-18)12-20(24)22-13-17-9-11-23(15-17)19-7-3-2-4-8-19/h2-4,7-8,16-18,21H,5-6,9-15H2,1H3,(H,22,24). The molecule has 3 atom stereocenters. The first-order chi connectivity index (χ1) is 11.7. The van der Waals surface area contributed by atoms with Gasteiger partial charge in [0.15, 0.2) is 0 Å². The van der Waals surface area contributed by atoms with Crippen LogP contribution in [0.3, 0.4) is 0 Å². The van der Waals surface area contributed by atoms with Gasteiger partial charge in [-0.05, 0) is 62.2 Å². The highest BCUT2D eigenvalue weighted by molar-refractivity contribution is 5.76. The van der Waals surface area contributed by atoms with Gasteiger partial charge in [-0.1, -0.05) is 25.1 Å². The van der Waals surface area contributed by atoms with Gasteiger partial charge in [-0.2, -0.15) is 0 Å². The normalized spacial score (nSPS) is 25.5. The summed E-state index contributed by atoms with van der Waals surface area (Å²) in [5, 5.41) is 6.63. The molecular weight excluding hydrogens is 298 g/mol. The number of amides is 1. The molecule has 2 N–H and O–H groups in total. The van der Waals surface area contributed by atoms with Gasteiger partial charge in [-0.3, -0.25) is 4.79 Å². The van der Waals surface area contributed by atoms with Crippen LogP contribution in [0, 0.1) is 17.8 Å². The summed E-state index contributed by atoms with van der Waals surface area (Å²) in [5.41, 5.74) is 1.30. The summed E-state index contributed by atoms with van der Waals surface area (Å²) in [5.74, 6) is 1.93. The summed E-state index contributed by atoms with van der Waals surface area (Å²) in [7, 11) is 0. The third-order valence-electron chi connectivity index (χ3n) is 5.64. The third-order valence-corrected chi connectivity index (χ3v) is 5.64. The number of para-hydroxylation sites is 1. The maximum Gasteiger partial charge on any atom is 0.220 e. The number of carbonyl (C=O) groups excluding carboxylic acids is 1. The Kier molecular flexibility index (Phi) is 6.13. The molecule has 24 heavy (non-hydrogen) atoms. The molecule has 4 heteroatoms. The second kappa shape index (κ2) is 8.52. The van der Waals surface area contributed by atoms with Crippen LogP contribution >= 0.6 is 0 Å². The number of nitrogens with one attached hydrogen (secondary N) is 2. The SMILES string of the molecule is CC(CC(=O)NCC1CCN(c2ccccc2)C1)C1CCCNC1. The highest BCUT2D eigenvalue weighted by Gasteiger charge is 2.25. The van der Waals surface area contributed by atoms with Crippen LogP contribution in [0.1, 0.15) is 32.6 Å². The van der Waals surface area contributed by atoms with Crippen LogP contribution in [0.5, 0.6) is 0 Å². The van der Waals surface area contributed by atoms with Crippen molar-refractivity contribution in [2.24, 2.45) is 17.8 Å². The predicted octanol–water partition coefficient (Wildman–Crippen LogP) is 2.65. The van der Waals surface area contributed by atoms with E-state index in [-0.39, 0.29) is 5.91 Å². The zero-order chi connectivity index (χ0) is 16.8. The van der Waals surface area contributed by atoms with Crippen LogP contribution in [0.15, 0.2) is 30.3 Å². The van der Waals surface area contributed by atoms with E-state index in [0.717, 1.165) is 39.1 Å². The number of hydrogen-bond acceptors (Lipinski definition) is 3. The summed E-state index contributed by atoms with van der Waals surface area (Å²) in [4.78, 5) is 14.7. The van der Waals surface area contributed by atoms with Crippen molar-refractivity contribution in [2.75, 3.05) is 37.6 Å². The summed E-state index contributed by atoms with van der Waals surface area (Å²) >= 11 is 0. The minimum Gasteiger partial charge on any atom is -0.371 e. The lowest BCUT2D eigenvalue weighted by molar-refractivity contribution is -0.122. The van der Waals surface area contributed by atoms with Crippen LogP contribution in [-0.2, 0) is 4.79 Å². The van der Waals surface area contributed by atoms with E-state index in [1.807, 2.05) is 0 Å². The molecule has 0 bridgehead atoms. The van der Waals surface area contributed by atoms with Gasteiger partial charge in [0.05, 0.1) is 0 Å². The highest BCUT2D eigenvalue weighted by Crippen LogP contribution is 2.24. The third kappa shape index (κ3) is 4.73. The summed E-state index contributed by atoms with van der Waals surface area (Å²) in [6.45, 7) is 7.39. The molecule has 3 rings (SSSR count). The van der Waals surface area contributed by atoms with Gasteiger partial charge in [-0.25, -0.2) is 0 Å². The molecule has 1 amide bonds. The smallest absolute Gasteiger partial charge is 0.220 e. The first-order valence-corrected chi connectivity index (χ1v) is 9.50. The van der Waals surface area contributed by atoms with E-state index >= 15 is 0 Å². The fourth-order valence-corrected chi connectivity index (χ4v) is 4.03. The number of anilines is 1. The number of hydrogen-bond donors (Lipinski definition) is 2. The number of piperidine rings is 1. The molecule has 1 aromatic rings. The molecule has 0 spiro atoms.